The average Bonchev–Trinajstić information content (AvgIpc) is 2.96. The third-order valence-corrected chi connectivity index (χ3v) is 4.75. The first-order chi connectivity index (χ1) is 7.93. The van der Waals surface area contributed by atoms with Crippen LogP contribution in [0.1, 0.15) is 17.2 Å². The summed E-state index contributed by atoms with van der Waals surface area (Å²) in [5.74, 6) is 1.16. The van der Waals surface area contributed by atoms with Gasteiger partial charge in [-0.05, 0) is 34.0 Å². The van der Waals surface area contributed by atoms with Crippen molar-refractivity contribution in [3.8, 4) is 0 Å². The maximum atomic E-state index is 3.63. The summed E-state index contributed by atoms with van der Waals surface area (Å²) in [7, 11) is 0. The van der Waals surface area contributed by atoms with Gasteiger partial charge in [0.05, 0.1) is 0 Å². The Morgan fingerprint density at radius 1 is 1.25 bits per heavy atom. The van der Waals surface area contributed by atoms with Crippen molar-refractivity contribution in [2.75, 3.05) is 5.75 Å². The third-order valence-electron chi connectivity index (χ3n) is 2.83. The van der Waals surface area contributed by atoms with Crippen molar-refractivity contribution in [2.45, 2.75) is 17.5 Å². The van der Waals surface area contributed by atoms with Crippen LogP contribution < -0.4 is 5.32 Å². The smallest absolute Gasteiger partial charge is 0.0429 e. The predicted molar refractivity (Wildman–Crippen MR) is 71.1 cm³/mol. The number of rotatable bonds is 3. The van der Waals surface area contributed by atoms with E-state index < -0.39 is 0 Å². The molecule has 0 fully saturated rings. The molecule has 0 spiro atoms. The molecule has 0 amide bonds. The second kappa shape index (κ2) is 4.62. The predicted octanol–water partition coefficient (Wildman–Crippen LogP) is 3.68. The van der Waals surface area contributed by atoms with E-state index in [0.29, 0.717) is 6.04 Å². The summed E-state index contributed by atoms with van der Waals surface area (Å²) in [6.07, 6.45) is 0. The lowest BCUT2D eigenvalue weighted by Gasteiger charge is -2.12. The summed E-state index contributed by atoms with van der Waals surface area (Å²) in [5.41, 5.74) is 2.85. The van der Waals surface area contributed by atoms with E-state index in [1.807, 2.05) is 11.8 Å². The van der Waals surface area contributed by atoms with Crippen LogP contribution in [0.2, 0.25) is 0 Å². The van der Waals surface area contributed by atoms with Gasteiger partial charge in [0.2, 0.25) is 0 Å². The molecule has 1 N–H and O–H groups in total. The van der Waals surface area contributed by atoms with Gasteiger partial charge in [0, 0.05) is 23.2 Å². The molecule has 82 valence electrons. The van der Waals surface area contributed by atoms with E-state index >= 15 is 0 Å². The Bertz CT molecular complexity index is 465. The molecule has 0 aliphatic carbocycles. The number of hydrogen-bond acceptors (Lipinski definition) is 3. The zero-order valence-electron chi connectivity index (χ0n) is 8.85. The standard InChI is InChI=1S/C13H13NS2/c1-2-4-13-11(3-1)12(9-16-13)14-7-10-5-6-15-8-10/h1-6,8,12,14H,7,9H2. The van der Waals surface area contributed by atoms with E-state index in [0.717, 1.165) is 12.3 Å². The van der Waals surface area contributed by atoms with Crippen LogP contribution in [0.25, 0.3) is 0 Å². The zero-order valence-corrected chi connectivity index (χ0v) is 10.5. The molecule has 3 heteroatoms. The minimum atomic E-state index is 0.515. The van der Waals surface area contributed by atoms with Gasteiger partial charge in [-0.3, -0.25) is 0 Å². The van der Waals surface area contributed by atoms with Crippen molar-refractivity contribution < 1.29 is 0 Å². The highest BCUT2D eigenvalue weighted by Gasteiger charge is 2.21. The number of fused-ring (bicyclic) bond motifs is 1. The molecular weight excluding hydrogens is 234 g/mol. The Morgan fingerprint density at radius 3 is 3.06 bits per heavy atom. The molecule has 16 heavy (non-hydrogen) atoms. The van der Waals surface area contributed by atoms with Crippen LogP contribution in [0.4, 0.5) is 0 Å². The second-order valence-corrected chi connectivity index (χ2v) is 5.76. The Morgan fingerprint density at radius 2 is 2.19 bits per heavy atom. The summed E-state index contributed by atoms with van der Waals surface area (Å²) < 4.78 is 0. The van der Waals surface area contributed by atoms with Crippen LogP contribution in [-0.2, 0) is 6.54 Å². The van der Waals surface area contributed by atoms with Gasteiger partial charge in [-0.1, -0.05) is 18.2 Å². The van der Waals surface area contributed by atoms with Crippen molar-refractivity contribution in [2.24, 2.45) is 0 Å². The Balaban J connectivity index is 1.69. The quantitative estimate of drug-likeness (QED) is 0.888. The largest absolute Gasteiger partial charge is 0.305 e. The molecule has 1 unspecified atom stereocenters. The van der Waals surface area contributed by atoms with E-state index in [4.69, 9.17) is 0 Å². The van der Waals surface area contributed by atoms with Crippen LogP contribution in [0.15, 0.2) is 46.0 Å². The van der Waals surface area contributed by atoms with Crippen molar-refractivity contribution in [1.29, 1.82) is 0 Å². The van der Waals surface area contributed by atoms with Gasteiger partial charge in [0.15, 0.2) is 0 Å². The number of thiophene rings is 1. The molecule has 1 aliphatic heterocycles. The average molecular weight is 247 g/mol. The first-order valence-electron chi connectivity index (χ1n) is 5.39. The number of thioether (sulfide) groups is 1. The van der Waals surface area contributed by atoms with Crippen LogP contribution in [0.3, 0.4) is 0 Å². The van der Waals surface area contributed by atoms with E-state index in [1.165, 1.54) is 16.0 Å². The van der Waals surface area contributed by atoms with Crippen LogP contribution in [-0.4, -0.2) is 5.75 Å². The summed E-state index contributed by atoms with van der Waals surface area (Å²) in [6.45, 7) is 0.975. The van der Waals surface area contributed by atoms with Crippen molar-refractivity contribution in [3.63, 3.8) is 0 Å². The molecule has 0 saturated heterocycles. The van der Waals surface area contributed by atoms with Crippen molar-refractivity contribution >= 4 is 23.1 Å². The van der Waals surface area contributed by atoms with Crippen molar-refractivity contribution in [1.82, 2.24) is 5.32 Å². The van der Waals surface area contributed by atoms with E-state index in [2.05, 4.69) is 46.4 Å². The van der Waals surface area contributed by atoms with Gasteiger partial charge in [-0.2, -0.15) is 11.3 Å². The molecule has 2 aromatic rings. The second-order valence-electron chi connectivity index (χ2n) is 3.91. The first kappa shape index (κ1) is 10.4. The molecule has 3 rings (SSSR count). The highest BCUT2D eigenvalue weighted by Crippen LogP contribution is 2.37. The highest BCUT2D eigenvalue weighted by molar-refractivity contribution is 7.99. The van der Waals surface area contributed by atoms with Gasteiger partial charge in [-0.25, -0.2) is 0 Å². The van der Waals surface area contributed by atoms with Crippen LogP contribution in [0.5, 0.6) is 0 Å². The fourth-order valence-corrected chi connectivity index (χ4v) is 3.83. The van der Waals surface area contributed by atoms with Crippen LogP contribution in [0, 0.1) is 0 Å². The summed E-state index contributed by atoms with van der Waals surface area (Å²) >= 11 is 3.72. The molecule has 0 saturated carbocycles. The molecule has 0 bridgehead atoms. The van der Waals surface area contributed by atoms with Gasteiger partial charge < -0.3 is 5.32 Å². The zero-order chi connectivity index (χ0) is 10.8. The molecule has 1 aromatic heterocycles. The van der Waals surface area contributed by atoms with Gasteiger partial charge in [0.1, 0.15) is 0 Å². The third kappa shape index (κ3) is 2.03. The maximum Gasteiger partial charge on any atom is 0.0429 e. The molecule has 2 heterocycles. The first-order valence-corrected chi connectivity index (χ1v) is 7.32. The minimum Gasteiger partial charge on any atom is -0.305 e. The van der Waals surface area contributed by atoms with Crippen molar-refractivity contribution in [3.05, 3.63) is 52.2 Å². The summed E-state index contributed by atoms with van der Waals surface area (Å²) in [4.78, 5) is 1.44. The molecule has 0 radical (unpaired) electrons. The van der Waals surface area contributed by atoms with E-state index in [1.54, 1.807) is 11.3 Å². The SMILES string of the molecule is c1ccc2c(c1)SCC2NCc1ccsc1. The fraction of sp³-hybridized carbons (Fsp3) is 0.231. The molecule has 1 atom stereocenters. The van der Waals surface area contributed by atoms with E-state index in [9.17, 15) is 0 Å². The molecular formula is C13H13NS2. The Hall–Kier alpha value is -0.770. The fourth-order valence-electron chi connectivity index (χ4n) is 1.97. The molecule has 1 aliphatic rings. The Kier molecular flexibility index (Phi) is 3.00. The lowest BCUT2D eigenvalue weighted by Crippen LogP contribution is -2.20. The number of nitrogens with one attached hydrogen (secondary N) is 1. The summed E-state index contributed by atoms with van der Waals surface area (Å²) in [6, 6.07) is 11.4. The van der Waals surface area contributed by atoms with Gasteiger partial charge in [0.25, 0.3) is 0 Å². The summed E-state index contributed by atoms with van der Waals surface area (Å²) in [5, 5.41) is 7.97. The molecule has 1 aromatic carbocycles. The maximum absolute atomic E-state index is 3.63. The highest BCUT2D eigenvalue weighted by atomic mass is 32.2. The van der Waals surface area contributed by atoms with Crippen LogP contribution >= 0.6 is 23.1 Å². The number of hydrogen-bond donors (Lipinski definition) is 1. The topological polar surface area (TPSA) is 12.0 Å². The Labute approximate surface area is 104 Å². The van der Waals surface area contributed by atoms with Gasteiger partial charge in [-0.15, -0.1) is 11.8 Å². The van der Waals surface area contributed by atoms with Gasteiger partial charge >= 0.3 is 0 Å². The monoisotopic (exact) mass is 247 g/mol. The lowest BCUT2D eigenvalue weighted by atomic mass is 10.1. The molecule has 1 nitrogen and oxygen atoms in total. The normalized spacial score (nSPS) is 18.6. The minimum absolute atomic E-state index is 0.515. The van der Waals surface area contributed by atoms with E-state index in [-0.39, 0.29) is 0 Å². The lowest BCUT2D eigenvalue weighted by molar-refractivity contribution is 0.584. The number of benzene rings is 1.